The molecular formula is C21H19F3N2O2. The first-order valence-corrected chi connectivity index (χ1v) is 9.08. The van der Waals surface area contributed by atoms with Crippen molar-refractivity contribution in [1.29, 1.82) is 0 Å². The summed E-state index contributed by atoms with van der Waals surface area (Å²) < 4.78 is 41.1. The summed E-state index contributed by atoms with van der Waals surface area (Å²) >= 11 is 0. The highest BCUT2D eigenvalue weighted by atomic mass is 19.3. The van der Waals surface area contributed by atoms with Crippen LogP contribution in [-0.2, 0) is 10.2 Å². The SMILES string of the molecule is Cc1c(F)cccc1C1(C(=O)O)CCC(c2ccc3cnn(C(F)F)c3c2)C1. The third-order valence-corrected chi connectivity index (χ3v) is 5.99. The fraction of sp³-hybridized carbons (Fsp3) is 0.333. The zero-order chi connectivity index (χ0) is 20.1. The van der Waals surface area contributed by atoms with Crippen molar-refractivity contribution in [3.05, 3.63) is 65.1 Å². The summed E-state index contributed by atoms with van der Waals surface area (Å²) in [6.45, 7) is -1.15. The summed E-state index contributed by atoms with van der Waals surface area (Å²) in [6, 6.07) is 9.74. The van der Waals surface area contributed by atoms with E-state index in [9.17, 15) is 23.1 Å². The summed E-state index contributed by atoms with van der Waals surface area (Å²) in [6.07, 6.45) is 2.62. The number of carbonyl (C=O) groups is 1. The first kappa shape index (κ1) is 18.5. The number of carboxylic acids is 1. The lowest BCUT2D eigenvalue weighted by Gasteiger charge is -2.27. The molecule has 0 bridgehead atoms. The Morgan fingerprint density at radius 2 is 2.11 bits per heavy atom. The van der Waals surface area contributed by atoms with Gasteiger partial charge >= 0.3 is 12.5 Å². The fourth-order valence-corrected chi connectivity index (χ4v) is 4.47. The monoisotopic (exact) mass is 388 g/mol. The van der Waals surface area contributed by atoms with E-state index < -0.39 is 23.8 Å². The molecule has 7 heteroatoms. The Morgan fingerprint density at radius 3 is 2.82 bits per heavy atom. The third-order valence-electron chi connectivity index (χ3n) is 5.99. The van der Waals surface area contributed by atoms with Gasteiger partial charge in [-0.15, -0.1) is 0 Å². The first-order valence-electron chi connectivity index (χ1n) is 9.08. The van der Waals surface area contributed by atoms with Crippen molar-refractivity contribution < 1.29 is 23.1 Å². The summed E-state index contributed by atoms with van der Waals surface area (Å²) in [7, 11) is 0. The Bertz CT molecular complexity index is 1060. The van der Waals surface area contributed by atoms with Gasteiger partial charge in [0.05, 0.1) is 17.1 Å². The van der Waals surface area contributed by atoms with Gasteiger partial charge in [0.25, 0.3) is 0 Å². The van der Waals surface area contributed by atoms with Crippen LogP contribution < -0.4 is 0 Å². The van der Waals surface area contributed by atoms with Crippen molar-refractivity contribution in [1.82, 2.24) is 9.78 Å². The molecule has 1 fully saturated rings. The molecule has 0 radical (unpaired) electrons. The van der Waals surface area contributed by atoms with Gasteiger partial charge in [0.15, 0.2) is 0 Å². The Hall–Kier alpha value is -2.83. The molecule has 1 N–H and O–H groups in total. The van der Waals surface area contributed by atoms with Gasteiger partial charge < -0.3 is 5.11 Å². The average molecular weight is 388 g/mol. The van der Waals surface area contributed by atoms with Crippen molar-refractivity contribution >= 4 is 16.9 Å². The van der Waals surface area contributed by atoms with Gasteiger partial charge in [0.1, 0.15) is 5.82 Å². The van der Waals surface area contributed by atoms with E-state index in [0.29, 0.717) is 46.0 Å². The van der Waals surface area contributed by atoms with E-state index in [1.54, 1.807) is 25.1 Å². The number of nitrogens with zero attached hydrogens (tertiary/aromatic N) is 2. The number of halogens is 3. The molecule has 28 heavy (non-hydrogen) atoms. The molecule has 1 aliphatic rings. The largest absolute Gasteiger partial charge is 0.481 e. The normalized spacial score (nSPS) is 22.2. The zero-order valence-electron chi connectivity index (χ0n) is 15.2. The number of benzene rings is 2. The van der Waals surface area contributed by atoms with Gasteiger partial charge in [-0.05, 0) is 60.9 Å². The minimum atomic E-state index is -2.75. The number of aliphatic carboxylic acids is 1. The Kier molecular flexibility index (Phi) is 4.40. The van der Waals surface area contributed by atoms with Gasteiger partial charge in [-0.3, -0.25) is 4.79 Å². The zero-order valence-corrected chi connectivity index (χ0v) is 15.2. The van der Waals surface area contributed by atoms with Gasteiger partial charge in [0.2, 0.25) is 0 Å². The average Bonchev–Trinajstić information content (AvgIpc) is 3.28. The molecule has 3 aromatic rings. The molecule has 1 aliphatic carbocycles. The van der Waals surface area contributed by atoms with E-state index in [0.717, 1.165) is 5.56 Å². The number of hydrogen-bond acceptors (Lipinski definition) is 2. The highest BCUT2D eigenvalue weighted by Gasteiger charge is 2.48. The third kappa shape index (κ3) is 2.77. The predicted octanol–water partition coefficient (Wildman–Crippen LogP) is 5.17. The van der Waals surface area contributed by atoms with Crippen LogP contribution in [0, 0.1) is 12.7 Å². The fourth-order valence-electron chi connectivity index (χ4n) is 4.47. The van der Waals surface area contributed by atoms with E-state index >= 15 is 0 Å². The lowest BCUT2D eigenvalue weighted by molar-refractivity contribution is -0.143. The number of carboxylic acid groups (broad SMARTS) is 1. The van der Waals surface area contributed by atoms with Crippen molar-refractivity contribution in [2.45, 2.75) is 44.1 Å². The molecule has 2 aromatic carbocycles. The quantitative estimate of drug-likeness (QED) is 0.671. The van der Waals surface area contributed by atoms with E-state index in [1.165, 1.54) is 18.3 Å². The van der Waals surface area contributed by atoms with E-state index in [4.69, 9.17) is 0 Å². The van der Waals surface area contributed by atoms with Crippen LogP contribution in [0.4, 0.5) is 13.2 Å². The number of aromatic nitrogens is 2. The van der Waals surface area contributed by atoms with Crippen LogP contribution in [-0.4, -0.2) is 20.9 Å². The van der Waals surface area contributed by atoms with Crippen LogP contribution in [0.5, 0.6) is 0 Å². The van der Waals surface area contributed by atoms with Crippen molar-refractivity contribution in [2.75, 3.05) is 0 Å². The number of alkyl halides is 2. The lowest BCUT2D eigenvalue weighted by atomic mass is 9.75. The second-order valence-electron chi connectivity index (χ2n) is 7.42. The molecule has 0 amide bonds. The summed E-state index contributed by atoms with van der Waals surface area (Å²) in [5.41, 5.74) is 0.765. The maximum Gasteiger partial charge on any atom is 0.333 e. The van der Waals surface area contributed by atoms with Crippen LogP contribution in [0.2, 0.25) is 0 Å². The summed E-state index contributed by atoms with van der Waals surface area (Å²) in [4.78, 5) is 12.2. The summed E-state index contributed by atoms with van der Waals surface area (Å²) in [5, 5.41) is 14.3. The highest BCUT2D eigenvalue weighted by Crippen LogP contribution is 2.50. The van der Waals surface area contributed by atoms with Crippen LogP contribution in [0.1, 0.15) is 48.4 Å². The Balaban J connectivity index is 1.74. The van der Waals surface area contributed by atoms with E-state index in [1.807, 2.05) is 6.07 Å². The Labute approximate surface area is 159 Å². The Morgan fingerprint density at radius 1 is 1.32 bits per heavy atom. The smallest absolute Gasteiger partial charge is 0.333 e. The van der Waals surface area contributed by atoms with E-state index in [2.05, 4.69) is 5.10 Å². The van der Waals surface area contributed by atoms with Crippen molar-refractivity contribution in [3.8, 4) is 0 Å². The molecule has 0 aliphatic heterocycles. The molecule has 1 saturated carbocycles. The number of fused-ring (bicyclic) bond motifs is 1. The van der Waals surface area contributed by atoms with Gasteiger partial charge in [-0.2, -0.15) is 13.9 Å². The van der Waals surface area contributed by atoms with E-state index in [-0.39, 0.29) is 5.92 Å². The standard InChI is InChI=1S/C21H19F3N2O2/c1-12-16(3-2-4-17(12)22)21(19(27)28)8-7-14(10-21)13-5-6-15-11-25-26(20(23)24)18(15)9-13/h2-6,9,11,14,20H,7-8,10H2,1H3,(H,27,28). The molecule has 2 atom stereocenters. The van der Waals surface area contributed by atoms with Gasteiger partial charge in [-0.25, -0.2) is 9.07 Å². The molecule has 4 rings (SSSR count). The predicted molar refractivity (Wildman–Crippen MR) is 98.0 cm³/mol. The molecular weight excluding hydrogens is 369 g/mol. The van der Waals surface area contributed by atoms with Crippen LogP contribution in [0.25, 0.3) is 10.9 Å². The molecule has 2 unspecified atom stereocenters. The lowest BCUT2D eigenvalue weighted by Crippen LogP contribution is -2.34. The van der Waals surface area contributed by atoms with Crippen LogP contribution in [0.3, 0.4) is 0 Å². The summed E-state index contributed by atoms with van der Waals surface area (Å²) in [5.74, 6) is -1.53. The second kappa shape index (κ2) is 6.65. The van der Waals surface area contributed by atoms with Crippen molar-refractivity contribution in [2.24, 2.45) is 0 Å². The molecule has 4 nitrogen and oxygen atoms in total. The van der Waals surface area contributed by atoms with Gasteiger partial charge in [-0.1, -0.05) is 24.3 Å². The first-order chi connectivity index (χ1) is 13.3. The molecule has 1 heterocycles. The number of hydrogen-bond donors (Lipinski definition) is 1. The second-order valence-corrected chi connectivity index (χ2v) is 7.42. The van der Waals surface area contributed by atoms with Gasteiger partial charge in [0, 0.05) is 5.39 Å². The maximum absolute atomic E-state index is 14.1. The molecule has 0 spiro atoms. The van der Waals surface area contributed by atoms with Crippen LogP contribution >= 0.6 is 0 Å². The molecule has 1 aromatic heterocycles. The number of rotatable bonds is 4. The maximum atomic E-state index is 14.1. The minimum Gasteiger partial charge on any atom is -0.481 e. The topological polar surface area (TPSA) is 55.1 Å². The molecule has 0 saturated heterocycles. The highest BCUT2D eigenvalue weighted by molar-refractivity contribution is 5.83. The molecule has 146 valence electrons. The van der Waals surface area contributed by atoms with Crippen LogP contribution in [0.15, 0.2) is 42.6 Å². The minimum absolute atomic E-state index is 0.121. The van der Waals surface area contributed by atoms with Crippen molar-refractivity contribution in [3.63, 3.8) is 0 Å².